The van der Waals surface area contributed by atoms with E-state index in [1.165, 1.54) is 4.90 Å². The summed E-state index contributed by atoms with van der Waals surface area (Å²) in [6.45, 7) is 5.83. The lowest BCUT2D eigenvalue weighted by atomic mass is 10.2. The van der Waals surface area contributed by atoms with Crippen LogP contribution >= 0.6 is 0 Å². The summed E-state index contributed by atoms with van der Waals surface area (Å²) < 4.78 is 0. The van der Waals surface area contributed by atoms with Gasteiger partial charge < -0.3 is 15.3 Å². The topological polar surface area (TPSA) is 69.6 Å². The second-order valence-electron chi connectivity index (χ2n) is 3.81. The summed E-state index contributed by atoms with van der Waals surface area (Å²) in [6.07, 6.45) is 5.82. The maximum absolute atomic E-state index is 11.9. The van der Waals surface area contributed by atoms with Gasteiger partial charge in [0.2, 0.25) is 0 Å². The number of nitrogens with one attached hydrogen (secondary N) is 1. The molecule has 0 bridgehead atoms. The summed E-state index contributed by atoms with van der Waals surface area (Å²) in [7, 11) is 0. The standard InChI is InChI=1S/C12H20N2O3/c1-5-10(6-2)13-12(17)14(7-3)9(4)8-11(15)16/h1,9-10H,6-8H2,2-4H3,(H,13,17)(H,15,16). The minimum absolute atomic E-state index is 0.0753. The van der Waals surface area contributed by atoms with Gasteiger partial charge in [-0.2, -0.15) is 0 Å². The highest BCUT2D eigenvalue weighted by Gasteiger charge is 2.21. The number of carbonyl (C=O) groups excluding carboxylic acids is 1. The summed E-state index contributed by atoms with van der Waals surface area (Å²) in [5.74, 6) is 1.54. The molecule has 0 aromatic carbocycles. The molecule has 2 unspecified atom stereocenters. The van der Waals surface area contributed by atoms with E-state index in [9.17, 15) is 9.59 Å². The Morgan fingerprint density at radius 3 is 2.41 bits per heavy atom. The third-order valence-corrected chi connectivity index (χ3v) is 2.51. The molecule has 0 aromatic rings. The predicted octanol–water partition coefficient (Wildman–Crippen LogP) is 1.29. The molecule has 0 fully saturated rings. The van der Waals surface area contributed by atoms with Crippen molar-refractivity contribution in [3.05, 3.63) is 0 Å². The van der Waals surface area contributed by atoms with Crippen LogP contribution in [0.15, 0.2) is 0 Å². The van der Waals surface area contributed by atoms with E-state index in [1.54, 1.807) is 13.8 Å². The van der Waals surface area contributed by atoms with Gasteiger partial charge >= 0.3 is 12.0 Å². The monoisotopic (exact) mass is 240 g/mol. The van der Waals surface area contributed by atoms with E-state index < -0.39 is 5.97 Å². The van der Waals surface area contributed by atoms with Gasteiger partial charge in [0, 0.05) is 12.6 Å². The van der Waals surface area contributed by atoms with Gasteiger partial charge in [0.05, 0.1) is 12.5 Å². The van der Waals surface area contributed by atoms with Crippen LogP contribution in [0.3, 0.4) is 0 Å². The molecule has 0 aliphatic rings. The van der Waals surface area contributed by atoms with Crippen molar-refractivity contribution in [3.8, 4) is 12.3 Å². The van der Waals surface area contributed by atoms with Crippen molar-refractivity contribution < 1.29 is 14.7 Å². The largest absolute Gasteiger partial charge is 0.481 e. The summed E-state index contributed by atoms with van der Waals surface area (Å²) in [4.78, 5) is 23.9. The van der Waals surface area contributed by atoms with Gasteiger partial charge in [-0.05, 0) is 20.3 Å². The lowest BCUT2D eigenvalue weighted by Crippen LogP contribution is -2.48. The number of carboxylic acids is 1. The van der Waals surface area contributed by atoms with Crippen molar-refractivity contribution in [2.75, 3.05) is 6.54 Å². The van der Waals surface area contributed by atoms with Crippen LogP contribution in [0.4, 0.5) is 4.79 Å². The third-order valence-electron chi connectivity index (χ3n) is 2.51. The van der Waals surface area contributed by atoms with Crippen molar-refractivity contribution in [1.82, 2.24) is 10.2 Å². The van der Waals surface area contributed by atoms with E-state index in [0.29, 0.717) is 13.0 Å². The first kappa shape index (κ1) is 15.3. The zero-order chi connectivity index (χ0) is 13.4. The Bertz CT molecular complexity index is 309. The summed E-state index contributed by atoms with van der Waals surface area (Å²) in [5, 5.41) is 11.4. The highest BCUT2D eigenvalue weighted by molar-refractivity contribution is 5.76. The number of rotatable bonds is 6. The Morgan fingerprint density at radius 2 is 2.06 bits per heavy atom. The molecule has 5 nitrogen and oxygen atoms in total. The Labute approximate surface area is 102 Å². The minimum atomic E-state index is -0.923. The Kier molecular flexibility index (Phi) is 6.80. The van der Waals surface area contributed by atoms with E-state index in [0.717, 1.165) is 0 Å². The van der Waals surface area contributed by atoms with Crippen LogP contribution in [0.2, 0.25) is 0 Å². The predicted molar refractivity (Wildman–Crippen MR) is 65.5 cm³/mol. The Morgan fingerprint density at radius 1 is 1.47 bits per heavy atom. The van der Waals surface area contributed by atoms with Crippen molar-refractivity contribution in [2.45, 2.75) is 45.7 Å². The fourth-order valence-electron chi connectivity index (χ4n) is 1.51. The molecule has 2 amide bonds. The van der Waals surface area contributed by atoms with Crippen LogP contribution < -0.4 is 5.32 Å². The zero-order valence-corrected chi connectivity index (χ0v) is 10.6. The number of terminal acetylenes is 1. The minimum Gasteiger partial charge on any atom is -0.481 e. The molecule has 0 saturated heterocycles. The SMILES string of the molecule is C#CC(CC)NC(=O)N(CC)C(C)CC(=O)O. The molecular formula is C12H20N2O3. The molecule has 0 saturated carbocycles. The van der Waals surface area contributed by atoms with Gasteiger partial charge in [-0.1, -0.05) is 12.8 Å². The molecular weight excluding hydrogens is 220 g/mol. The van der Waals surface area contributed by atoms with Gasteiger partial charge in [0.25, 0.3) is 0 Å². The number of aliphatic carboxylic acids is 1. The number of urea groups is 1. The fourth-order valence-corrected chi connectivity index (χ4v) is 1.51. The van der Waals surface area contributed by atoms with E-state index in [-0.39, 0.29) is 24.5 Å². The van der Waals surface area contributed by atoms with Crippen molar-refractivity contribution in [1.29, 1.82) is 0 Å². The van der Waals surface area contributed by atoms with Gasteiger partial charge in [-0.15, -0.1) is 6.42 Å². The molecule has 96 valence electrons. The maximum atomic E-state index is 11.9. The highest BCUT2D eigenvalue weighted by atomic mass is 16.4. The number of hydrogen-bond acceptors (Lipinski definition) is 2. The van der Waals surface area contributed by atoms with Crippen molar-refractivity contribution >= 4 is 12.0 Å². The molecule has 0 rings (SSSR count). The fraction of sp³-hybridized carbons (Fsp3) is 0.667. The van der Waals surface area contributed by atoms with Crippen molar-refractivity contribution in [3.63, 3.8) is 0 Å². The van der Waals surface area contributed by atoms with Crippen LogP contribution in [0.5, 0.6) is 0 Å². The molecule has 2 atom stereocenters. The maximum Gasteiger partial charge on any atom is 0.318 e. The zero-order valence-electron chi connectivity index (χ0n) is 10.6. The normalized spacial score (nSPS) is 13.3. The molecule has 5 heteroatoms. The second kappa shape index (κ2) is 7.55. The second-order valence-corrected chi connectivity index (χ2v) is 3.81. The molecule has 2 N–H and O–H groups in total. The molecule has 17 heavy (non-hydrogen) atoms. The average Bonchev–Trinajstić information content (AvgIpc) is 2.25. The summed E-state index contributed by atoms with van der Waals surface area (Å²) in [6, 6.07) is -0.979. The van der Waals surface area contributed by atoms with Gasteiger partial charge in [0.1, 0.15) is 0 Å². The molecule has 0 aromatic heterocycles. The van der Waals surface area contributed by atoms with E-state index in [4.69, 9.17) is 11.5 Å². The number of amides is 2. The van der Waals surface area contributed by atoms with Crippen LogP contribution in [0, 0.1) is 12.3 Å². The number of nitrogens with zero attached hydrogens (tertiary/aromatic N) is 1. The highest BCUT2D eigenvalue weighted by Crippen LogP contribution is 2.05. The van der Waals surface area contributed by atoms with E-state index in [1.807, 2.05) is 6.92 Å². The van der Waals surface area contributed by atoms with Gasteiger partial charge in [0.15, 0.2) is 0 Å². The van der Waals surface area contributed by atoms with Gasteiger partial charge in [-0.25, -0.2) is 4.79 Å². The molecule has 0 aliphatic heterocycles. The van der Waals surface area contributed by atoms with Crippen LogP contribution in [-0.4, -0.2) is 40.6 Å². The number of carbonyl (C=O) groups is 2. The first-order valence-corrected chi connectivity index (χ1v) is 5.71. The first-order chi connectivity index (χ1) is 7.96. The Hall–Kier alpha value is -1.70. The van der Waals surface area contributed by atoms with Crippen LogP contribution in [0.25, 0.3) is 0 Å². The van der Waals surface area contributed by atoms with Crippen LogP contribution in [-0.2, 0) is 4.79 Å². The van der Waals surface area contributed by atoms with E-state index >= 15 is 0 Å². The molecule has 0 heterocycles. The first-order valence-electron chi connectivity index (χ1n) is 5.71. The quantitative estimate of drug-likeness (QED) is 0.687. The van der Waals surface area contributed by atoms with Crippen LogP contribution in [0.1, 0.15) is 33.6 Å². The molecule has 0 aliphatic carbocycles. The third kappa shape index (κ3) is 5.25. The number of hydrogen-bond donors (Lipinski definition) is 2. The van der Waals surface area contributed by atoms with Gasteiger partial charge in [-0.3, -0.25) is 4.79 Å². The smallest absolute Gasteiger partial charge is 0.318 e. The lowest BCUT2D eigenvalue weighted by Gasteiger charge is -2.28. The Balaban J connectivity index is 4.50. The lowest BCUT2D eigenvalue weighted by molar-refractivity contribution is -0.138. The summed E-state index contributed by atoms with van der Waals surface area (Å²) in [5.41, 5.74) is 0. The summed E-state index contributed by atoms with van der Waals surface area (Å²) >= 11 is 0. The number of carboxylic acid groups (broad SMARTS) is 1. The molecule has 0 radical (unpaired) electrons. The van der Waals surface area contributed by atoms with Crippen molar-refractivity contribution in [2.24, 2.45) is 0 Å². The molecule has 0 spiro atoms. The average molecular weight is 240 g/mol. The van der Waals surface area contributed by atoms with E-state index in [2.05, 4.69) is 11.2 Å².